The third-order valence-corrected chi connectivity index (χ3v) is 2.41. The largest absolute Gasteiger partial charge is 0.522 e. The smallest absolute Gasteiger partial charge is 0.462 e. The van der Waals surface area contributed by atoms with Crippen LogP contribution in [0.5, 0.6) is 0 Å². The van der Waals surface area contributed by atoms with E-state index in [-0.39, 0.29) is 6.42 Å². The maximum absolute atomic E-state index is 11.9. The lowest BCUT2D eigenvalue weighted by molar-refractivity contribution is -0.347. The van der Waals surface area contributed by atoms with Gasteiger partial charge in [-0.1, -0.05) is 13.8 Å². The number of esters is 1. The van der Waals surface area contributed by atoms with Gasteiger partial charge >= 0.3 is 12.3 Å². The number of carbonyl (C=O) groups is 1. The first-order valence-electron chi connectivity index (χ1n) is 5.11. The first-order chi connectivity index (χ1) is 7.17. The molecule has 16 heavy (non-hydrogen) atoms. The van der Waals surface area contributed by atoms with Gasteiger partial charge in [0, 0.05) is 12.3 Å². The van der Waals surface area contributed by atoms with E-state index in [0.29, 0.717) is 0 Å². The Labute approximate surface area is 92.9 Å². The fraction of sp³-hybridized carbons (Fsp3) is 0.900. The van der Waals surface area contributed by atoms with Crippen molar-refractivity contribution in [1.29, 1.82) is 0 Å². The molecule has 3 unspecified atom stereocenters. The summed E-state index contributed by atoms with van der Waals surface area (Å²) in [6, 6.07) is 0. The summed E-state index contributed by atoms with van der Waals surface area (Å²) < 4.78 is 44.5. The average molecular weight is 242 g/mol. The molecule has 0 aliphatic carbocycles. The molecule has 0 aromatic heterocycles. The maximum atomic E-state index is 11.9. The molecule has 0 saturated heterocycles. The van der Waals surface area contributed by atoms with Gasteiger partial charge in [0.05, 0.1) is 6.10 Å². The molecule has 3 nitrogen and oxygen atoms in total. The number of hydrogen-bond donors (Lipinski definition) is 0. The Morgan fingerprint density at radius 3 is 2.06 bits per heavy atom. The lowest BCUT2D eigenvalue weighted by Gasteiger charge is -2.26. The van der Waals surface area contributed by atoms with Gasteiger partial charge in [-0.15, -0.1) is 13.2 Å². The topological polar surface area (TPSA) is 35.5 Å². The molecule has 3 atom stereocenters. The van der Waals surface area contributed by atoms with E-state index >= 15 is 0 Å². The molecule has 0 spiro atoms. The molecular weight excluding hydrogens is 225 g/mol. The summed E-state index contributed by atoms with van der Waals surface area (Å²) in [6.45, 7) is 6.02. The fourth-order valence-corrected chi connectivity index (χ4v) is 1.10. The van der Waals surface area contributed by atoms with Crippen LogP contribution in [0.4, 0.5) is 13.2 Å². The summed E-state index contributed by atoms with van der Waals surface area (Å²) in [6.07, 6.45) is -6.13. The Bertz CT molecular complexity index is 228. The van der Waals surface area contributed by atoms with Crippen LogP contribution < -0.4 is 0 Å². The molecule has 0 amide bonds. The summed E-state index contributed by atoms with van der Waals surface area (Å²) in [4.78, 5) is 10.9. The number of hydrogen-bond acceptors (Lipinski definition) is 3. The van der Waals surface area contributed by atoms with Crippen LogP contribution in [0.3, 0.4) is 0 Å². The van der Waals surface area contributed by atoms with Gasteiger partial charge in [0.2, 0.25) is 0 Å². The quantitative estimate of drug-likeness (QED) is 0.695. The fourth-order valence-electron chi connectivity index (χ4n) is 1.10. The highest BCUT2D eigenvalue weighted by Gasteiger charge is 2.35. The van der Waals surface area contributed by atoms with Crippen LogP contribution in [0.25, 0.3) is 0 Å². The molecular formula is C10H17F3O3. The van der Waals surface area contributed by atoms with Crippen LogP contribution in [0.15, 0.2) is 0 Å². The van der Waals surface area contributed by atoms with E-state index in [9.17, 15) is 18.0 Å². The number of halogens is 3. The van der Waals surface area contributed by atoms with Crippen molar-refractivity contribution in [3.63, 3.8) is 0 Å². The summed E-state index contributed by atoms with van der Waals surface area (Å²) in [5.41, 5.74) is 0. The zero-order chi connectivity index (χ0) is 12.9. The maximum Gasteiger partial charge on any atom is 0.522 e. The van der Waals surface area contributed by atoms with E-state index in [0.717, 1.165) is 0 Å². The molecule has 0 rings (SSSR count). The minimum atomic E-state index is -4.66. The number of carbonyl (C=O) groups excluding carboxylic acids is 1. The summed E-state index contributed by atoms with van der Waals surface area (Å²) in [5, 5.41) is 0. The van der Waals surface area contributed by atoms with Gasteiger partial charge in [-0.05, 0) is 13.8 Å². The Morgan fingerprint density at radius 2 is 1.69 bits per heavy atom. The minimum absolute atomic E-state index is 0.200. The van der Waals surface area contributed by atoms with E-state index in [2.05, 4.69) is 4.74 Å². The average Bonchev–Trinajstić information content (AvgIpc) is 2.13. The first kappa shape index (κ1) is 15.2. The normalized spacial score (nSPS) is 17.7. The zero-order valence-electron chi connectivity index (χ0n) is 9.80. The molecule has 0 radical (unpaired) electrons. The first-order valence-corrected chi connectivity index (χ1v) is 5.11. The van der Waals surface area contributed by atoms with Gasteiger partial charge in [0.15, 0.2) is 0 Å². The third-order valence-electron chi connectivity index (χ3n) is 2.41. The van der Waals surface area contributed by atoms with E-state index in [1.54, 1.807) is 20.8 Å². The minimum Gasteiger partial charge on any atom is -0.462 e. The zero-order valence-corrected chi connectivity index (χ0v) is 9.80. The second-order valence-corrected chi connectivity index (χ2v) is 3.68. The van der Waals surface area contributed by atoms with E-state index in [4.69, 9.17) is 4.74 Å². The van der Waals surface area contributed by atoms with Crippen LogP contribution in [0, 0.1) is 5.92 Å². The lowest BCUT2D eigenvalue weighted by Crippen LogP contribution is -2.34. The second-order valence-electron chi connectivity index (χ2n) is 3.68. The molecule has 0 N–H and O–H groups in total. The standard InChI is InChI=1S/C10H17F3O3/c1-5-9(14)15-7(3)6(2)8(4)16-10(11,12)13/h6-8H,5H2,1-4H3. The molecule has 0 bridgehead atoms. The SMILES string of the molecule is CCC(=O)OC(C)C(C)C(C)OC(F)(F)F. The number of ether oxygens (including phenoxy) is 2. The molecule has 0 fully saturated rings. The van der Waals surface area contributed by atoms with Crippen LogP contribution in [-0.4, -0.2) is 24.5 Å². The molecule has 0 aliphatic rings. The van der Waals surface area contributed by atoms with E-state index in [1.165, 1.54) is 6.92 Å². The number of alkyl halides is 3. The van der Waals surface area contributed by atoms with Gasteiger partial charge in [0.1, 0.15) is 6.10 Å². The Balaban J connectivity index is 4.21. The van der Waals surface area contributed by atoms with Crippen molar-refractivity contribution in [2.45, 2.75) is 52.7 Å². The van der Waals surface area contributed by atoms with Gasteiger partial charge in [-0.25, -0.2) is 0 Å². The molecule has 0 saturated carbocycles. The van der Waals surface area contributed by atoms with Gasteiger partial charge in [-0.3, -0.25) is 9.53 Å². The predicted octanol–water partition coefficient (Wildman–Crippen LogP) is 2.89. The van der Waals surface area contributed by atoms with Crippen LogP contribution in [0.2, 0.25) is 0 Å². The van der Waals surface area contributed by atoms with Crippen molar-refractivity contribution in [2.24, 2.45) is 5.92 Å². The Hall–Kier alpha value is -0.780. The highest BCUT2D eigenvalue weighted by atomic mass is 19.4. The molecule has 96 valence electrons. The lowest BCUT2D eigenvalue weighted by atomic mass is 10.0. The molecule has 0 aromatic carbocycles. The van der Waals surface area contributed by atoms with Crippen molar-refractivity contribution in [3.8, 4) is 0 Å². The van der Waals surface area contributed by atoms with Gasteiger partial charge in [0.25, 0.3) is 0 Å². The molecule has 6 heteroatoms. The monoisotopic (exact) mass is 242 g/mol. The van der Waals surface area contributed by atoms with E-state index < -0.39 is 30.5 Å². The molecule has 0 aromatic rings. The molecule has 0 heterocycles. The van der Waals surface area contributed by atoms with Gasteiger partial charge < -0.3 is 4.74 Å². The van der Waals surface area contributed by atoms with Crippen LogP contribution in [-0.2, 0) is 14.3 Å². The van der Waals surface area contributed by atoms with Crippen molar-refractivity contribution in [2.75, 3.05) is 0 Å². The van der Waals surface area contributed by atoms with E-state index in [1.807, 2.05) is 0 Å². The Morgan fingerprint density at radius 1 is 1.19 bits per heavy atom. The predicted molar refractivity (Wildman–Crippen MR) is 51.6 cm³/mol. The highest BCUT2D eigenvalue weighted by Crippen LogP contribution is 2.24. The second kappa shape index (κ2) is 6.08. The number of rotatable bonds is 5. The highest BCUT2D eigenvalue weighted by molar-refractivity contribution is 5.69. The van der Waals surface area contributed by atoms with Crippen molar-refractivity contribution in [3.05, 3.63) is 0 Å². The van der Waals surface area contributed by atoms with Crippen molar-refractivity contribution in [1.82, 2.24) is 0 Å². The van der Waals surface area contributed by atoms with Crippen LogP contribution >= 0.6 is 0 Å². The van der Waals surface area contributed by atoms with Crippen LogP contribution in [0.1, 0.15) is 34.1 Å². The van der Waals surface area contributed by atoms with Crippen molar-refractivity contribution < 1.29 is 27.4 Å². The summed E-state index contributed by atoms with van der Waals surface area (Å²) in [5.74, 6) is -0.962. The third kappa shape index (κ3) is 5.95. The molecule has 0 aliphatic heterocycles. The summed E-state index contributed by atoms with van der Waals surface area (Å²) in [7, 11) is 0. The van der Waals surface area contributed by atoms with Gasteiger partial charge in [-0.2, -0.15) is 0 Å². The van der Waals surface area contributed by atoms with Crippen molar-refractivity contribution >= 4 is 5.97 Å². The Kier molecular flexibility index (Phi) is 5.78. The summed E-state index contributed by atoms with van der Waals surface area (Å²) >= 11 is 0.